The summed E-state index contributed by atoms with van der Waals surface area (Å²) in [6, 6.07) is 4.56. The van der Waals surface area contributed by atoms with E-state index in [0.29, 0.717) is 17.8 Å². The summed E-state index contributed by atoms with van der Waals surface area (Å²) in [5.74, 6) is 4.66. The first kappa shape index (κ1) is 11.1. The molecule has 0 aliphatic rings. The average Bonchev–Trinajstić information content (AvgIpc) is 2.17. The van der Waals surface area contributed by atoms with Crippen molar-refractivity contribution < 1.29 is 9.90 Å². The lowest BCUT2D eigenvalue weighted by atomic mass is 10.1. The number of carbonyl (C=O) groups is 1. The highest BCUT2D eigenvalue weighted by molar-refractivity contribution is 5.89. The van der Waals surface area contributed by atoms with Crippen LogP contribution in [-0.2, 0) is 0 Å². The maximum atomic E-state index is 10.7. The van der Waals surface area contributed by atoms with E-state index in [2.05, 4.69) is 17.2 Å². The summed E-state index contributed by atoms with van der Waals surface area (Å²) in [5.41, 5.74) is 6.73. The zero-order chi connectivity index (χ0) is 11.3. The molecule has 4 N–H and O–H groups in total. The molecular weight excluding hydrogens is 192 g/mol. The molecule has 1 aromatic rings. The van der Waals surface area contributed by atoms with Crippen molar-refractivity contribution in [3.05, 3.63) is 29.3 Å². The van der Waals surface area contributed by atoms with Crippen LogP contribution < -0.4 is 11.1 Å². The lowest BCUT2D eigenvalue weighted by Gasteiger charge is -1.98. The van der Waals surface area contributed by atoms with Crippen LogP contribution in [-0.4, -0.2) is 24.7 Å². The minimum Gasteiger partial charge on any atom is -0.478 e. The molecule has 0 atom stereocenters. The van der Waals surface area contributed by atoms with Crippen LogP contribution in [0.3, 0.4) is 0 Å². The quantitative estimate of drug-likeness (QED) is 0.485. The molecule has 0 unspecified atom stereocenters. The first-order valence-corrected chi connectivity index (χ1v) is 4.41. The van der Waals surface area contributed by atoms with Gasteiger partial charge >= 0.3 is 5.97 Å². The molecule has 0 bridgehead atoms. The van der Waals surface area contributed by atoms with Crippen LogP contribution in [0.4, 0.5) is 5.69 Å². The Morgan fingerprint density at radius 3 is 2.87 bits per heavy atom. The Labute approximate surface area is 88.1 Å². The third-order valence-electron chi connectivity index (χ3n) is 1.70. The Kier molecular flexibility index (Phi) is 3.72. The molecule has 1 rings (SSSR count). The summed E-state index contributed by atoms with van der Waals surface area (Å²) in [7, 11) is 1.79. The number of aromatic carboxylic acids is 1. The number of carboxylic acid groups (broad SMARTS) is 1. The molecule has 0 fully saturated rings. The van der Waals surface area contributed by atoms with Gasteiger partial charge in [0.25, 0.3) is 0 Å². The number of benzene rings is 1. The fraction of sp³-hybridized carbons (Fsp3) is 0.182. The van der Waals surface area contributed by atoms with Crippen LogP contribution in [0.1, 0.15) is 15.9 Å². The smallest absolute Gasteiger partial charge is 0.335 e. The molecule has 0 aliphatic carbocycles. The lowest BCUT2D eigenvalue weighted by molar-refractivity contribution is 0.0697. The number of hydrogen-bond donors (Lipinski definition) is 3. The molecule has 4 nitrogen and oxygen atoms in total. The van der Waals surface area contributed by atoms with E-state index >= 15 is 0 Å². The fourth-order valence-electron chi connectivity index (χ4n) is 1.08. The van der Waals surface area contributed by atoms with Crippen molar-refractivity contribution >= 4 is 11.7 Å². The third kappa shape index (κ3) is 3.33. The summed E-state index contributed by atoms with van der Waals surface area (Å²) in [4.78, 5) is 10.7. The third-order valence-corrected chi connectivity index (χ3v) is 1.70. The summed E-state index contributed by atoms with van der Waals surface area (Å²) < 4.78 is 0. The van der Waals surface area contributed by atoms with Gasteiger partial charge < -0.3 is 16.2 Å². The Hall–Kier alpha value is -1.99. The highest BCUT2D eigenvalue weighted by atomic mass is 16.4. The van der Waals surface area contributed by atoms with Crippen molar-refractivity contribution in [3.8, 4) is 11.8 Å². The first-order chi connectivity index (χ1) is 7.13. The van der Waals surface area contributed by atoms with Crippen LogP contribution in [0.2, 0.25) is 0 Å². The molecule has 4 heteroatoms. The van der Waals surface area contributed by atoms with Gasteiger partial charge in [0, 0.05) is 11.3 Å². The normalized spacial score (nSPS) is 9.13. The number of carboxylic acids is 1. The molecular formula is C11H12N2O2. The highest BCUT2D eigenvalue weighted by Crippen LogP contribution is 2.11. The topological polar surface area (TPSA) is 75.3 Å². The Morgan fingerprint density at radius 1 is 1.53 bits per heavy atom. The van der Waals surface area contributed by atoms with Gasteiger partial charge in [0.05, 0.1) is 12.1 Å². The lowest BCUT2D eigenvalue weighted by Crippen LogP contribution is -2.04. The number of hydrogen-bond acceptors (Lipinski definition) is 3. The number of nitrogen functional groups attached to an aromatic ring is 1. The molecule has 0 saturated carbocycles. The number of nitrogens with one attached hydrogen (secondary N) is 1. The minimum atomic E-state index is -1.00. The maximum absolute atomic E-state index is 10.7. The molecule has 0 aromatic heterocycles. The second-order valence-corrected chi connectivity index (χ2v) is 2.98. The van der Waals surface area contributed by atoms with Gasteiger partial charge in [0.2, 0.25) is 0 Å². The van der Waals surface area contributed by atoms with Gasteiger partial charge in [-0.2, -0.15) is 0 Å². The van der Waals surface area contributed by atoms with E-state index in [4.69, 9.17) is 10.8 Å². The van der Waals surface area contributed by atoms with E-state index in [0.717, 1.165) is 0 Å². The Morgan fingerprint density at radius 2 is 2.27 bits per heavy atom. The van der Waals surface area contributed by atoms with Gasteiger partial charge in [-0.3, -0.25) is 0 Å². The van der Waals surface area contributed by atoms with Crippen molar-refractivity contribution in [2.75, 3.05) is 19.3 Å². The predicted octanol–water partition coefficient (Wildman–Crippen LogP) is 0.538. The van der Waals surface area contributed by atoms with Crippen LogP contribution in [0.5, 0.6) is 0 Å². The Balaban J connectivity index is 3.00. The van der Waals surface area contributed by atoms with E-state index in [-0.39, 0.29) is 5.56 Å². The average molecular weight is 204 g/mol. The van der Waals surface area contributed by atoms with Crippen molar-refractivity contribution in [1.82, 2.24) is 5.32 Å². The molecule has 1 aromatic carbocycles. The molecule has 15 heavy (non-hydrogen) atoms. The second-order valence-electron chi connectivity index (χ2n) is 2.98. The molecule has 0 radical (unpaired) electrons. The molecule has 78 valence electrons. The zero-order valence-electron chi connectivity index (χ0n) is 8.37. The van der Waals surface area contributed by atoms with E-state index in [9.17, 15) is 4.79 Å². The van der Waals surface area contributed by atoms with Crippen LogP contribution >= 0.6 is 0 Å². The van der Waals surface area contributed by atoms with E-state index < -0.39 is 5.97 Å². The van der Waals surface area contributed by atoms with Crippen LogP contribution in [0.25, 0.3) is 0 Å². The predicted molar refractivity (Wildman–Crippen MR) is 58.6 cm³/mol. The monoisotopic (exact) mass is 204 g/mol. The fourth-order valence-corrected chi connectivity index (χ4v) is 1.08. The van der Waals surface area contributed by atoms with Crippen LogP contribution in [0, 0.1) is 11.8 Å². The number of nitrogens with two attached hydrogens (primary N) is 1. The van der Waals surface area contributed by atoms with Gasteiger partial charge in [-0.05, 0) is 25.2 Å². The first-order valence-electron chi connectivity index (χ1n) is 4.41. The Bertz CT molecular complexity index is 430. The summed E-state index contributed by atoms with van der Waals surface area (Å²) in [6.07, 6.45) is 0. The minimum absolute atomic E-state index is 0.156. The van der Waals surface area contributed by atoms with Gasteiger partial charge in [-0.25, -0.2) is 4.79 Å². The number of anilines is 1. The number of rotatable bonds is 2. The summed E-state index contributed by atoms with van der Waals surface area (Å²) in [5, 5.41) is 11.7. The standard InChI is InChI=1S/C11H12N2O2/c1-13-4-2-3-8-5-9(11(14)15)7-10(12)6-8/h5-7,13H,4,12H2,1H3,(H,14,15). The molecule has 0 saturated heterocycles. The van der Waals surface area contributed by atoms with Gasteiger partial charge in [0.1, 0.15) is 0 Å². The highest BCUT2D eigenvalue weighted by Gasteiger charge is 2.04. The zero-order valence-corrected chi connectivity index (χ0v) is 8.37. The molecule has 0 amide bonds. The van der Waals surface area contributed by atoms with Crippen molar-refractivity contribution in [2.45, 2.75) is 0 Å². The van der Waals surface area contributed by atoms with Crippen molar-refractivity contribution in [3.63, 3.8) is 0 Å². The molecule has 0 spiro atoms. The molecule has 0 aliphatic heterocycles. The van der Waals surface area contributed by atoms with Gasteiger partial charge in [-0.15, -0.1) is 0 Å². The van der Waals surface area contributed by atoms with Crippen LogP contribution in [0.15, 0.2) is 18.2 Å². The van der Waals surface area contributed by atoms with E-state index in [1.165, 1.54) is 12.1 Å². The van der Waals surface area contributed by atoms with Crippen molar-refractivity contribution in [1.29, 1.82) is 0 Å². The second kappa shape index (κ2) is 5.03. The summed E-state index contributed by atoms with van der Waals surface area (Å²) in [6.45, 7) is 0.553. The largest absolute Gasteiger partial charge is 0.478 e. The summed E-state index contributed by atoms with van der Waals surface area (Å²) >= 11 is 0. The maximum Gasteiger partial charge on any atom is 0.335 e. The van der Waals surface area contributed by atoms with E-state index in [1.807, 2.05) is 0 Å². The SMILES string of the molecule is CNCC#Cc1cc(N)cc(C(=O)O)c1. The van der Waals surface area contributed by atoms with Gasteiger partial charge in [0.15, 0.2) is 0 Å². The molecule has 0 heterocycles. The van der Waals surface area contributed by atoms with E-state index in [1.54, 1.807) is 13.1 Å². The van der Waals surface area contributed by atoms with Crippen molar-refractivity contribution in [2.24, 2.45) is 0 Å². The van der Waals surface area contributed by atoms with Gasteiger partial charge in [-0.1, -0.05) is 11.8 Å².